The number of carbonyl (C=O) groups is 1. The van der Waals surface area contributed by atoms with E-state index in [0.717, 1.165) is 56.6 Å². The van der Waals surface area contributed by atoms with Gasteiger partial charge in [0, 0.05) is 36.9 Å². The van der Waals surface area contributed by atoms with Crippen molar-refractivity contribution in [2.24, 2.45) is 0 Å². The summed E-state index contributed by atoms with van der Waals surface area (Å²) >= 11 is 0. The number of rotatable bonds is 6. The Morgan fingerprint density at radius 3 is 2.19 bits per heavy atom. The first-order chi connectivity index (χ1) is 12.8. The van der Waals surface area contributed by atoms with Crippen LogP contribution in [0.2, 0.25) is 0 Å². The van der Waals surface area contributed by atoms with Crippen LogP contribution < -0.4 is 4.90 Å². The summed E-state index contributed by atoms with van der Waals surface area (Å²) in [6.07, 6.45) is 6.08. The third-order valence-corrected chi connectivity index (χ3v) is 5.42. The monoisotopic (exact) mass is 346 g/mol. The van der Waals surface area contributed by atoms with Crippen molar-refractivity contribution >= 4 is 11.6 Å². The van der Waals surface area contributed by atoms with Crippen LogP contribution in [0.25, 0.3) is 0 Å². The molecule has 0 N–H and O–H groups in total. The number of benzene rings is 2. The van der Waals surface area contributed by atoms with Crippen LogP contribution in [0.15, 0.2) is 72.3 Å². The van der Waals surface area contributed by atoms with Crippen LogP contribution in [0.5, 0.6) is 0 Å². The van der Waals surface area contributed by atoms with Gasteiger partial charge in [0.25, 0.3) is 5.91 Å². The molecule has 1 saturated heterocycles. The minimum absolute atomic E-state index is 0.207. The highest BCUT2D eigenvalue weighted by Crippen LogP contribution is 2.30. The predicted octanol–water partition coefficient (Wildman–Crippen LogP) is 4.06. The zero-order chi connectivity index (χ0) is 17.8. The molecule has 2 aromatic rings. The lowest BCUT2D eigenvalue weighted by Gasteiger charge is -2.38. The average molecular weight is 346 g/mol. The third-order valence-electron chi connectivity index (χ3n) is 5.42. The van der Waals surface area contributed by atoms with Gasteiger partial charge in [-0.2, -0.15) is 0 Å². The van der Waals surface area contributed by atoms with Gasteiger partial charge in [-0.25, -0.2) is 0 Å². The number of carbonyl (C=O) groups excluding carboxylic acids is 1. The van der Waals surface area contributed by atoms with E-state index >= 15 is 0 Å². The zero-order valence-corrected chi connectivity index (χ0v) is 15.2. The van der Waals surface area contributed by atoms with E-state index in [1.54, 1.807) is 0 Å². The second-order valence-corrected chi connectivity index (χ2v) is 7.25. The Bertz CT molecular complexity index is 761. The van der Waals surface area contributed by atoms with E-state index in [0.29, 0.717) is 6.04 Å². The van der Waals surface area contributed by atoms with Gasteiger partial charge >= 0.3 is 0 Å². The number of hydrogen-bond acceptors (Lipinski definition) is 2. The first-order valence-corrected chi connectivity index (χ1v) is 9.65. The maximum absolute atomic E-state index is 12.8. The second-order valence-electron chi connectivity index (χ2n) is 7.25. The van der Waals surface area contributed by atoms with Crippen molar-refractivity contribution in [2.75, 3.05) is 24.5 Å². The topological polar surface area (TPSA) is 23.6 Å². The lowest BCUT2D eigenvalue weighted by atomic mass is 10.0. The summed E-state index contributed by atoms with van der Waals surface area (Å²) in [5.74, 6) is 0.207. The standard InChI is InChI=1S/C23H26N2O/c26-23(20-11-12-20)25(21-9-5-2-6-10-21)22-14-17-24(18-15-22)16-13-19-7-3-1-4-8-19/h1-11,22H,12-18H2. The summed E-state index contributed by atoms with van der Waals surface area (Å²) < 4.78 is 0. The number of allylic oxidation sites excluding steroid dienone is 1. The molecular weight excluding hydrogens is 320 g/mol. The van der Waals surface area contributed by atoms with E-state index in [-0.39, 0.29) is 5.91 Å². The van der Waals surface area contributed by atoms with E-state index < -0.39 is 0 Å². The van der Waals surface area contributed by atoms with Crippen molar-refractivity contribution in [1.82, 2.24) is 4.90 Å². The van der Waals surface area contributed by atoms with Crippen LogP contribution in [0.3, 0.4) is 0 Å². The van der Waals surface area contributed by atoms with Crippen molar-refractivity contribution in [1.29, 1.82) is 0 Å². The van der Waals surface area contributed by atoms with Gasteiger partial charge in [0.15, 0.2) is 0 Å². The molecule has 1 fully saturated rings. The van der Waals surface area contributed by atoms with Gasteiger partial charge in [0.2, 0.25) is 0 Å². The molecule has 2 aromatic carbocycles. The summed E-state index contributed by atoms with van der Waals surface area (Å²) in [5, 5.41) is 0. The highest BCUT2D eigenvalue weighted by Gasteiger charge is 2.32. The minimum Gasteiger partial charge on any atom is -0.305 e. The fraction of sp³-hybridized carbons (Fsp3) is 0.348. The van der Waals surface area contributed by atoms with E-state index in [4.69, 9.17) is 0 Å². The highest BCUT2D eigenvalue weighted by molar-refractivity contribution is 6.08. The summed E-state index contributed by atoms with van der Waals surface area (Å²) in [7, 11) is 0. The predicted molar refractivity (Wildman–Crippen MR) is 106 cm³/mol. The van der Waals surface area contributed by atoms with Gasteiger partial charge in [-0.3, -0.25) is 4.79 Å². The highest BCUT2D eigenvalue weighted by atomic mass is 16.2. The smallest absolute Gasteiger partial charge is 0.254 e. The Labute approximate surface area is 155 Å². The van der Waals surface area contributed by atoms with Crippen molar-refractivity contribution in [3.05, 3.63) is 77.9 Å². The average Bonchev–Trinajstić information content (AvgIpc) is 3.55. The quantitative estimate of drug-likeness (QED) is 0.787. The van der Waals surface area contributed by atoms with Crippen LogP contribution >= 0.6 is 0 Å². The zero-order valence-electron chi connectivity index (χ0n) is 15.2. The number of amides is 1. The Balaban J connectivity index is 1.37. The molecule has 1 amide bonds. The fourth-order valence-electron chi connectivity index (χ4n) is 3.80. The van der Waals surface area contributed by atoms with Crippen LogP contribution in [0, 0.1) is 0 Å². The molecule has 4 rings (SSSR count). The van der Waals surface area contributed by atoms with Gasteiger partial charge in [-0.1, -0.05) is 54.6 Å². The number of hydrogen-bond donors (Lipinski definition) is 0. The van der Waals surface area contributed by atoms with Crippen LogP contribution in [-0.4, -0.2) is 36.5 Å². The van der Waals surface area contributed by atoms with Crippen LogP contribution in [0.1, 0.15) is 24.8 Å². The second kappa shape index (κ2) is 7.88. The van der Waals surface area contributed by atoms with E-state index in [1.165, 1.54) is 5.56 Å². The molecule has 0 unspecified atom stereocenters. The number of piperidine rings is 1. The molecule has 3 heteroatoms. The molecule has 1 heterocycles. The van der Waals surface area contributed by atoms with E-state index in [1.807, 2.05) is 29.2 Å². The van der Waals surface area contributed by atoms with Crippen LogP contribution in [0.4, 0.5) is 5.69 Å². The Morgan fingerprint density at radius 1 is 0.962 bits per heavy atom. The van der Waals surface area contributed by atoms with Gasteiger partial charge in [0.1, 0.15) is 0 Å². The van der Waals surface area contributed by atoms with Crippen molar-refractivity contribution < 1.29 is 4.79 Å². The lowest BCUT2D eigenvalue weighted by molar-refractivity contribution is -0.115. The maximum atomic E-state index is 12.8. The molecule has 0 atom stereocenters. The number of likely N-dealkylation sites (tertiary alicyclic amines) is 1. The maximum Gasteiger partial charge on any atom is 0.254 e. The van der Waals surface area contributed by atoms with E-state index in [9.17, 15) is 4.79 Å². The summed E-state index contributed by atoms with van der Waals surface area (Å²) in [6, 6.07) is 21.2. The largest absolute Gasteiger partial charge is 0.305 e. The number of para-hydroxylation sites is 1. The van der Waals surface area contributed by atoms with Crippen molar-refractivity contribution in [3.63, 3.8) is 0 Å². The molecule has 3 nitrogen and oxygen atoms in total. The summed E-state index contributed by atoms with van der Waals surface area (Å²) in [5.41, 5.74) is 3.41. The van der Waals surface area contributed by atoms with Gasteiger partial charge in [-0.05, 0) is 43.4 Å². The third kappa shape index (κ3) is 4.05. The number of anilines is 1. The molecule has 0 spiro atoms. The lowest BCUT2D eigenvalue weighted by Crippen LogP contribution is -2.48. The van der Waals surface area contributed by atoms with Crippen LogP contribution in [-0.2, 0) is 11.2 Å². The van der Waals surface area contributed by atoms with Crippen molar-refractivity contribution in [3.8, 4) is 0 Å². The first kappa shape index (κ1) is 17.0. The van der Waals surface area contributed by atoms with Gasteiger partial charge in [0.05, 0.1) is 0 Å². The molecule has 0 aromatic heterocycles. The van der Waals surface area contributed by atoms with Gasteiger partial charge in [-0.15, -0.1) is 0 Å². The fourth-order valence-corrected chi connectivity index (χ4v) is 3.80. The molecule has 1 aliphatic heterocycles. The minimum atomic E-state index is 0.207. The molecule has 0 saturated carbocycles. The Kier molecular flexibility index (Phi) is 5.16. The number of nitrogens with zero attached hydrogens (tertiary/aromatic N) is 2. The van der Waals surface area contributed by atoms with Gasteiger partial charge < -0.3 is 9.80 Å². The molecule has 134 valence electrons. The molecule has 0 radical (unpaired) electrons. The normalized spacial score (nSPS) is 17.6. The first-order valence-electron chi connectivity index (χ1n) is 9.65. The SMILES string of the molecule is O=C(C1=CC1)N(c1ccccc1)C1CCN(CCc2ccccc2)CC1. The molecule has 2 aliphatic rings. The summed E-state index contributed by atoms with van der Waals surface area (Å²) in [6.45, 7) is 3.22. The van der Waals surface area contributed by atoms with E-state index in [2.05, 4.69) is 47.4 Å². The molecule has 0 bridgehead atoms. The van der Waals surface area contributed by atoms with Crippen molar-refractivity contribution in [2.45, 2.75) is 31.7 Å². The Hall–Kier alpha value is -2.39. The molecular formula is C23H26N2O. The molecule has 26 heavy (non-hydrogen) atoms. The summed E-state index contributed by atoms with van der Waals surface area (Å²) in [4.78, 5) is 17.4. The Morgan fingerprint density at radius 2 is 1.58 bits per heavy atom. The molecule has 1 aliphatic carbocycles.